The molecule has 22 heavy (non-hydrogen) atoms. The Balaban J connectivity index is 0.00000441. The summed E-state index contributed by atoms with van der Waals surface area (Å²) in [6.07, 6.45) is -4.29. The molecule has 1 rings (SSSR count). The highest BCUT2D eigenvalue weighted by Crippen LogP contribution is 2.29. The second-order valence-electron chi connectivity index (χ2n) is 4.46. The Morgan fingerprint density at radius 2 is 1.77 bits per heavy atom. The molecule has 0 saturated heterocycles. The first-order chi connectivity index (χ1) is 9.93. The summed E-state index contributed by atoms with van der Waals surface area (Å²) in [6, 6.07) is 4.60. The van der Waals surface area contributed by atoms with Gasteiger partial charge in [0.1, 0.15) is 0 Å². The number of carbonyl (C=O) groups is 1. The normalized spacial score (nSPS) is 10.9. The number of hydrogen-bond acceptors (Lipinski definition) is 3. The van der Waals surface area contributed by atoms with Gasteiger partial charge in [0.2, 0.25) is 5.91 Å². The van der Waals surface area contributed by atoms with Gasteiger partial charge in [0, 0.05) is 26.7 Å². The Kier molecular flexibility index (Phi) is 9.80. The lowest BCUT2D eigenvalue weighted by Gasteiger charge is -2.08. The van der Waals surface area contributed by atoms with Gasteiger partial charge >= 0.3 is 6.18 Å². The maximum atomic E-state index is 12.4. The zero-order valence-electron chi connectivity index (χ0n) is 12.2. The Labute approximate surface area is 133 Å². The van der Waals surface area contributed by atoms with Crippen LogP contribution in [0, 0.1) is 0 Å². The fourth-order valence-electron chi connectivity index (χ4n) is 1.65. The second-order valence-corrected chi connectivity index (χ2v) is 4.46. The largest absolute Gasteiger partial charge is 0.416 e. The predicted octanol–water partition coefficient (Wildman–Crippen LogP) is 2.02. The average Bonchev–Trinajstić information content (AvgIpc) is 2.42. The molecule has 2 N–H and O–H groups in total. The Hall–Kier alpha value is -1.31. The number of benzene rings is 1. The first-order valence-corrected chi connectivity index (χ1v) is 6.56. The topological polar surface area (TPSA) is 50.4 Å². The van der Waals surface area contributed by atoms with Crippen LogP contribution in [0.1, 0.15) is 11.1 Å². The van der Waals surface area contributed by atoms with Gasteiger partial charge in [-0.3, -0.25) is 4.79 Å². The first kappa shape index (κ1) is 20.7. The summed E-state index contributed by atoms with van der Waals surface area (Å²) < 4.78 is 42.0. The van der Waals surface area contributed by atoms with Crippen molar-refractivity contribution >= 4 is 18.3 Å². The minimum Gasteiger partial charge on any atom is -0.383 e. The van der Waals surface area contributed by atoms with Crippen LogP contribution in [0.25, 0.3) is 0 Å². The van der Waals surface area contributed by atoms with Gasteiger partial charge in [0.25, 0.3) is 0 Å². The second kappa shape index (κ2) is 10.4. The van der Waals surface area contributed by atoms with E-state index in [1.54, 1.807) is 7.11 Å². The SMILES string of the molecule is COCCNCCNC(=O)Cc1ccc(C(F)(F)F)cc1.Cl. The monoisotopic (exact) mass is 340 g/mol. The molecule has 0 aliphatic carbocycles. The lowest BCUT2D eigenvalue weighted by atomic mass is 10.1. The van der Waals surface area contributed by atoms with Crippen molar-refractivity contribution in [2.75, 3.05) is 33.4 Å². The summed E-state index contributed by atoms with van der Waals surface area (Å²) in [4.78, 5) is 11.6. The van der Waals surface area contributed by atoms with Crippen LogP contribution in [0.2, 0.25) is 0 Å². The van der Waals surface area contributed by atoms with Crippen molar-refractivity contribution in [3.8, 4) is 0 Å². The van der Waals surface area contributed by atoms with Gasteiger partial charge in [-0.2, -0.15) is 13.2 Å². The van der Waals surface area contributed by atoms with Crippen LogP contribution in [0.3, 0.4) is 0 Å². The molecule has 1 aromatic rings. The van der Waals surface area contributed by atoms with Gasteiger partial charge in [0.05, 0.1) is 18.6 Å². The van der Waals surface area contributed by atoms with E-state index in [0.29, 0.717) is 31.8 Å². The Bertz CT molecular complexity index is 439. The van der Waals surface area contributed by atoms with Crippen LogP contribution in [-0.2, 0) is 22.1 Å². The molecule has 0 atom stereocenters. The van der Waals surface area contributed by atoms with Crippen molar-refractivity contribution in [1.82, 2.24) is 10.6 Å². The van der Waals surface area contributed by atoms with Crippen LogP contribution < -0.4 is 10.6 Å². The summed E-state index contributed by atoms with van der Waals surface area (Å²) in [5.74, 6) is -0.219. The van der Waals surface area contributed by atoms with E-state index in [4.69, 9.17) is 4.74 Å². The van der Waals surface area contributed by atoms with Crippen molar-refractivity contribution in [3.63, 3.8) is 0 Å². The van der Waals surface area contributed by atoms with Crippen molar-refractivity contribution in [1.29, 1.82) is 0 Å². The molecule has 126 valence electrons. The average molecular weight is 341 g/mol. The number of amides is 1. The molecule has 0 aliphatic heterocycles. The highest BCUT2D eigenvalue weighted by molar-refractivity contribution is 5.85. The number of halogens is 4. The fourth-order valence-corrected chi connectivity index (χ4v) is 1.65. The van der Waals surface area contributed by atoms with Gasteiger partial charge in [-0.1, -0.05) is 12.1 Å². The molecule has 0 saturated carbocycles. The van der Waals surface area contributed by atoms with Crippen molar-refractivity contribution in [2.45, 2.75) is 12.6 Å². The molecule has 0 heterocycles. The van der Waals surface area contributed by atoms with Crippen LogP contribution >= 0.6 is 12.4 Å². The minimum atomic E-state index is -4.35. The predicted molar refractivity (Wildman–Crippen MR) is 80.2 cm³/mol. The fraction of sp³-hybridized carbons (Fsp3) is 0.500. The van der Waals surface area contributed by atoms with E-state index in [1.165, 1.54) is 12.1 Å². The zero-order valence-corrected chi connectivity index (χ0v) is 13.0. The minimum absolute atomic E-state index is 0. The molecule has 1 aromatic carbocycles. The summed E-state index contributed by atoms with van der Waals surface area (Å²) in [5.41, 5.74) is -0.165. The quantitative estimate of drug-likeness (QED) is 0.712. The van der Waals surface area contributed by atoms with Gasteiger partial charge in [-0.05, 0) is 17.7 Å². The molecule has 0 bridgehead atoms. The van der Waals surface area contributed by atoms with Gasteiger partial charge in [-0.15, -0.1) is 12.4 Å². The van der Waals surface area contributed by atoms with E-state index in [-0.39, 0.29) is 24.7 Å². The highest BCUT2D eigenvalue weighted by atomic mass is 35.5. The molecular formula is C14H20ClF3N2O2. The lowest BCUT2D eigenvalue weighted by Crippen LogP contribution is -2.33. The van der Waals surface area contributed by atoms with E-state index in [1.807, 2.05) is 0 Å². The van der Waals surface area contributed by atoms with Crippen molar-refractivity contribution in [3.05, 3.63) is 35.4 Å². The van der Waals surface area contributed by atoms with Crippen molar-refractivity contribution < 1.29 is 22.7 Å². The molecule has 0 unspecified atom stereocenters. The molecule has 8 heteroatoms. The van der Waals surface area contributed by atoms with E-state index in [9.17, 15) is 18.0 Å². The summed E-state index contributed by atoms with van der Waals surface area (Å²) in [7, 11) is 1.60. The molecular weight excluding hydrogens is 321 g/mol. The first-order valence-electron chi connectivity index (χ1n) is 6.56. The van der Waals surface area contributed by atoms with Crippen LogP contribution in [0.4, 0.5) is 13.2 Å². The van der Waals surface area contributed by atoms with Crippen molar-refractivity contribution in [2.24, 2.45) is 0 Å². The number of hydrogen-bond donors (Lipinski definition) is 2. The lowest BCUT2D eigenvalue weighted by molar-refractivity contribution is -0.137. The van der Waals surface area contributed by atoms with E-state index < -0.39 is 11.7 Å². The van der Waals surface area contributed by atoms with Gasteiger partial charge < -0.3 is 15.4 Å². The van der Waals surface area contributed by atoms with Crippen LogP contribution in [-0.4, -0.2) is 39.3 Å². The number of rotatable bonds is 8. The number of alkyl halides is 3. The van der Waals surface area contributed by atoms with Gasteiger partial charge in [-0.25, -0.2) is 0 Å². The maximum absolute atomic E-state index is 12.4. The summed E-state index contributed by atoms with van der Waals surface area (Å²) in [6.45, 7) is 2.37. The number of methoxy groups -OCH3 is 1. The number of nitrogens with one attached hydrogen (secondary N) is 2. The number of carbonyl (C=O) groups excluding carboxylic acids is 1. The molecule has 0 radical (unpaired) electrons. The Morgan fingerprint density at radius 3 is 2.32 bits per heavy atom. The van der Waals surface area contributed by atoms with Crippen LogP contribution in [0.15, 0.2) is 24.3 Å². The molecule has 0 aliphatic rings. The van der Waals surface area contributed by atoms with Crippen LogP contribution in [0.5, 0.6) is 0 Å². The maximum Gasteiger partial charge on any atom is 0.416 e. The third-order valence-electron chi connectivity index (χ3n) is 2.75. The molecule has 0 aromatic heterocycles. The smallest absolute Gasteiger partial charge is 0.383 e. The highest BCUT2D eigenvalue weighted by Gasteiger charge is 2.29. The summed E-state index contributed by atoms with van der Waals surface area (Å²) >= 11 is 0. The number of ether oxygens (including phenoxy) is 1. The third-order valence-corrected chi connectivity index (χ3v) is 2.75. The van der Waals surface area contributed by atoms with E-state index >= 15 is 0 Å². The Morgan fingerprint density at radius 1 is 1.14 bits per heavy atom. The molecule has 0 fully saturated rings. The third kappa shape index (κ3) is 8.21. The van der Waals surface area contributed by atoms with E-state index in [2.05, 4.69) is 10.6 Å². The van der Waals surface area contributed by atoms with Gasteiger partial charge in [0.15, 0.2) is 0 Å². The zero-order chi connectivity index (χ0) is 15.7. The summed E-state index contributed by atoms with van der Waals surface area (Å²) in [5, 5.41) is 5.75. The molecule has 0 spiro atoms. The standard InChI is InChI=1S/C14H19F3N2O2.ClH/c1-21-9-8-18-6-7-19-13(20)10-11-2-4-12(5-3-11)14(15,16)17;/h2-5,18H,6-10H2,1H3,(H,19,20);1H. The van der Waals surface area contributed by atoms with E-state index in [0.717, 1.165) is 12.1 Å². The molecule has 4 nitrogen and oxygen atoms in total. The molecule has 1 amide bonds.